The van der Waals surface area contributed by atoms with E-state index in [0.717, 1.165) is 81.4 Å². The molecule has 4 rings (SSSR count). The largest absolute Gasteiger partial charge is 0.354 e. The van der Waals surface area contributed by atoms with E-state index >= 15 is 0 Å². The minimum absolute atomic E-state index is 0. The van der Waals surface area contributed by atoms with Gasteiger partial charge in [0, 0.05) is 68.3 Å². The van der Waals surface area contributed by atoms with Gasteiger partial charge in [0.2, 0.25) is 5.91 Å². The van der Waals surface area contributed by atoms with E-state index in [0.29, 0.717) is 24.9 Å². The minimum Gasteiger partial charge on any atom is -0.354 e. The summed E-state index contributed by atoms with van der Waals surface area (Å²) in [5.41, 5.74) is 2.53. The summed E-state index contributed by atoms with van der Waals surface area (Å²) in [6.45, 7) is 14.4. The lowest BCUT2D eigenvalue weighted by molar-refractivity contribution is -0.118. The fourth-order valence-electron chi connectivity index (χ4n) is 4.99. The van der Waals surface area contributed by atoms with Crippen molar-refractivity contribution in [3.8, 4) is 0 Å². The first-order valence-electron chi connectivity index (χ1n) is 13.5. The van der Waals surface area contributed by atoms with Gasteiger partial charge in [-0.1, -0.05) is 46.2 Å². The smallest absolute Gasteiger partial charge is 0.227 e. The molecule has 0 N–H and O–H groups in total. The van der Waals surface area contributed by atoms with Crippen molar-refractivity contribution in [1.29, 1.82) is 0 Å². The quantitative estimate of drug-likeness (QED) is 0.447. The van der Waals surface area contributed by atoms with Crippen molar-refractivity contribution in [2.75, 3.05) is 49.1 Å². The van der Waals surface area contributed by atoms with Gasteiger partial charge in [0.25, 0.3) is 0 Å². The van der Waals surface area contributed by atoms with Crippen LogP contribution in [0.4, 0.5) is 11.5 Å². The zero-order valence-electron chi connectivity index (χ0n) is 22.8. The lowest BCUT2D eigenvalue weighted by atomic mass is 9.95. The SMILES string of the molecule is CCCc1cc(N2CCN(CCCCN3C(=O)CCC(=O)c4ccccc43)CC2)nc(C(C)(C)C)n1.Cl. The first-order valence-corrected chi connectivity index (χ1v) is 13.5. The molecule has 1 aromatic carbocycles. The first kappa shape index (κ1) is 29.1. The summed E-state index contributed by atoms with van der Waals surface area (Å²) in [7, 11) is 0. The summed E-state index contributed by atoms with van der Waals surface area (Å²) in [5, 5.41) is 0. The highest BCUT2D eigenvalue weighted by Gasteiger charge is 2.26. The fraction of sp³-hybridized carbons (Fsp3) is 0.586. The van der Waals surface area contributed by atoms with E-state index in [4.69, 9.17) is 9.97 Å². The number of amides is 1. The summed E-state index contributed by atoms with van der Waals surface area (Å²) >= 11 is 0. The molecule has 202 valence electrons. The van der Waals surface area contributed by atoms with Crippen LogP contribution in [0.1, 0.15) is 81.7 Å². The third kappa shape index (κ3) is 7.29. The monoisotopic (exact) mass is 527 g/mol. The Hall–Kier alpha value is -2.51. The number of Topliss-reactive ketones (excluding diaryl/α,β-unsaturated/α-hetero) is 1. The Labute approximate surface area is 228 Å². The summed E-state index contributed by atoms with van der Waals surface area (Å²) in [4.78, 5) is 41.6. The Bertz CT molecular complexity index is 1080. The van der Waals surface area contributed by atoms with Gasteiger partial charge < -0.3 is 9.80 Å². The van der Waals surface area contributed by atoms with Crippen LogP contribution >= 0.6 is 12.4 Å². The molecular weight excluding hydrogens is 486 g/mol. The number of aryl methyl sites for hydroxylation is 1. The molecule has 3 heterocycles. The van der Waals surface area contributed by atoms with Gasteiger partial charge in [-0.3, -0.25) is 14.5 Å². The highest BCUT2D eigenvalue weighted by atomic mass is 35.5. The number of ketones is 1. The second-order valence-electron chi connectivity index (χ2n) is 11.1. The molecule has 7 nitrogen and oxygen atoms in total. The molecule has 37 heavy (non-hydrogen) atoms. The van der Waals surface area contributed by atoms with E-state index in [-0.39, 0.29) is 29.5 Å². The number of anilines is 2. The fourth-order valence-corrected chi connectivity index (χ4v) is 4.99. The van der Waals surface area contributed by atoms with E-state index in [1.807, 2.05) is 29.2 Å². The predicted molar refractivity (Wildman–Crippen MR) is 152 cm³/mol. The topological polar surface area (TPSA) is 69.6 Å². The van der Waals surface area contributed by atoms with Crippen molar-refractivity contribution < 1.29 is 9.59 Å². The molecule has 1 aromatic heterocycles. The summed E-state index contributed by atoms with van der Waals surface area (Å²) in [5.74, 6) is 2.12. The van der Waals surface area contributed by atoms with E-state index in [9.17, 15) is 9.59 Å². The Balaban J connectivity index is 0.00000380. The summed E-state index contributed by atoms with van der Waals surface area (Å²) in [6, 6.07) is 9.70. The Morgan fingerprint density at radius 1 is 0.919 bits per heavy atom. The molecule has 1 fully saturated rings. The van der Waals surface area contributed by atoms with E-state index < -0.39 is 0 Å². The van der Waals surface area contributed by atoms with Gasteiger partial charge in [-0.15, -0.1) is 12.4 Å². The van der Waals surface area contributed by atoms with Gasteiger partial charge >= 0.3 is 0 Å². The number of benzene rings is 1. The number of aromatic nitrogens is 2. The summed E-state index contributed by atoms with van der Waals surface area (Å²) in [6.07, 6.45) is 4.63. The van der Waals surface area contributed by atoms with Crippen LogP contribution in [-0.2, 0) is 16.6 Å². The molecule has 0 radical (unpaired) electrons. The van der Waals surface area contributed by atoms with Gasteiger partial charge in [-0.25, -0.2) is 9.97 Å². The van der Waals surface area contributed by atoms with Crippen LogP contribution in [0.25, 0.3) is 0 Å². The summed E-state index contributed by atoms with van der Waals surface area (Å²) < 4.78 is 0. The average Bonchev–Trinajstić information content (AvgIpc) is 2.98. The van der Waals surface area contributed by atoms with Crippen molar-refractivity contribution >= 4 is 35.6 Å². The lowest BCUT2D eigenvalue weighted by Crippen LogP contribution is -2.47. The average molecular weight is 528 g/mol. The maximum absolute atomic E-state index is 12.7. The number of rotatable bonds is 8. The van der Waals surface area contributed by atoms with Crippen molar-refractivity contribution in [2.45, 2.75) is 71.6 Å². The molecule has 8 heteroatoms. The molecule has 1 amide bonds. The molecule has 0 unspecified atom stereocenters. The normalized spacial score (nSPS) is 16.9. The Morgan fingerprint density at radius 2 is 1.62 bits per heavy atom. The number of halogens is 1. The third-order valence-corrected chi connectivity index (χ3v) is 7.11. The van der Waals surface area contributed by atoms with Crippen molar-refractivity contribution in [2.24, 2.45) is 0 Å². The highest BCUT2D eigenvalue weighted by Crippen LogP contribution is 2.27. The van der Waals surface area contributed by atoms with Gasteiger partial charge in [0.15, 0.2) is 5.78 Å². The molecular formula is C29H42ClN5O2. The maximum atomic E-state index is 12.7. The molecule has 2 aliphatic rings. The second kappa shape index (κ2) is 12.8. The second-order valence-corrected chi connectivity index (χ2v) is 11.1. The van der Waals surface area contributed by atoms with E-state index in [1.54, 1.807) is 0 Å². The molecule has 0 aliphatic carbocycles. The first-order chi connectivity index (χ1) is 17.3. The highest BCUT2D eigenvalue weighted by molar-refractivity contribution is 6.10. The lowest BCUT2D eigenvalue weighted by Gasteiger charge is -2.36. The number of nitrogens with zero attached hydrogens (tertiary/aromatic N) is 5. The minimum atomic E-state index is -0.0666. The van der Waals surface area contributed by atoms with Crippen LogP contribution in [0.2, 0.25) is 0 Å². The van der Waals surface area contributed by atoms with Gasteiger partial charge in [0.05, 0.1) is 5.69 Å². The van der Waals surface area contributed by atoms with Crippen LogP contribution in [0, 0.1) is 0 Å². The van der Waals surface area contributed by atoms with Crippen LogP contribution in [0.15, 0.2) is 30.3 Å². The zero-order valence-corrected chi connectivity index (χ0v) is 23.6. The number of carbonyl (C=O) groups is 2. The van der Waals surface area contributed by atoms with Crippen LogP contribution < -0.4 is 9.80 Å². The number of para-hydroxylation sites is 1. The van der Waals surface area contributed by atoms with Gasteiger partial charge in [0.1, 0.15) is 11.6 Å². The zero-order chi connectivity index (χ0) is 25.7. The number of hydrogen-bond acceptors (Lipinski definition) is 6. The van der Waals surface area contributed by atoms with Crippen LogP contribution in [0.5, 0.6) is 0 Å². The number of piperazine rings is 1. The van der Waals surface area contributed by atoms with Crippen LogP contribution in [-0.4, -0.2) is 65.8 Å². The predicted octanol–water partition coefficient (Wildman–Crippen LogP) is 5.06. The van der Waals surface area contributed by atoms with Crippen molar-refractivity contribution in [3.05, 3.63) is 47.4 Å². The van der Waals surface area contributed by atoms with Crippen LogP contribution in [0.3, 0.4) is 0 Å². The number of fused-ring (bicyclic) bond motifs is 1. The van der Waals surface area contributed by atoms with Gasteiger partial charge in [-0.05, 0) is 37.9 Å². The molecule has 2 aliphatic heterocycles. The van der Waals surface area contributed by atoms with E-state index in [2.05, 4.69) is 43.6 Å². The van der Waals surface area contributed by atoms with E-state index in [1.165, 1.54) is 0 Å². The number of unbranched alkanes of at least 4 members (excludes halogenated alkanes) is 1. The molecule has 1 saturated heterocycles. The van der Waals surface area contributed by atoms with Crippen molar-refractivity contribution in [3.63, 3.8) is 0 Å². The Kier molecular flexibility index (Phi) is 10.1. The molecule has 0 atom stereocenters. The molecule has 0 spiro atoms. The maximum Gasteiger partial charge on any atom is 0.227 e. The number of hydrogen-bond donors (Lipinski definition) is 0. The molecule has 2 aromatic rings. The molecule has 0 bridgehead atoms. The van der Waals surface area contributed by atoms with Crippen molar-refractivity contribution in [1.82, 2.24) is 14.9 Å². The standard InChI is InChI=1S/C29H41N5O2.ClH/c1-5-10-22-21-26(31-28(30-22)29(2,3)4)33-19-17-32(18-20-33)15-8-9-16-34-24-12-7-6-11-23(24)25(35)13-14-27(34)36;/h6-7,11-12,21H,5,8-10,13-20H2,1-4H3;1H. The molecule has 0 saturated carbocycles. The van der Waals surface area contributed by atoms with Gasteiger partial charge in [-0.2, -0.15) is 0 Å². The number of carbonyl (C=O) groups excluding carboxylic acids is 2. The third-order valence-electron chi connectivity index (χ3n) is 7.11. The Morgan fingerprint density at radius 3 is 2.32 bits per heavy atom.